The molecule has 2 aromatic heterocycles. The number of thiazole rings is 1. The summed E-state index contributed by atoms with van der Waals surface area (Å²) in [5, 5.41) is 1.82. The van der Waals surface area contributed by atoms with Crippen LogP contribution >= 0.6 is 11.3 Å². The summed E-state index contributed by atoms with van der Waals surface area (Å²) in [6.07, 6.45) is 0. The van der Waals surface area contributed by atoms with Crippen molar-refractivity contribution in [3.63, 3.8) is 0 Å². The monoisotopic (exact) mass is 445 g/mol. The van der Waals surface area contributed by atoms with Gasteiger partial charge in [0.1, 0.15) is 0 Å². The van der Waals surface area contributed by atoms with Crippen LogP contribution in [0.2, 0.25) is 0 Å². The second kappa shape index (κ2) is 7.54. The smallest absolute Gasteiger partial charge is 0.262 e. The molecule has 4 rings (SSSR count). The van der Waals surface area contributed by atoms with Gasteiger partial charge in [-0.3, -0.25) is 13.9 Å². The van der Waals surface area contributed by atoms with E-state index in [1.807, 2.05) is 5.38 Å². The van der Waals surface area contributed by atoms with Gasteiger partial charge in [-0.1, -0.05) is 12.1 Å². The van der Waals surface area contributed by atoms with E-state index in [1.54, 1.807) is 31.2 Å². The molecule has 154 valence electrons. The SMILES string of the molecule is COc1ccc(S(=O)(=O)Nc2ccc(-c3csc4nc(C)cc(=O)n34)cc2)cc1F. The molecular weight excluding hydrogens is 429 g/mol. The Bertz CT molecular complexity index is 1410. The number of ether oxygens (including phenoxy) is 1. The maximum absolute atomic E-state index is 13.9. The van der Waals surface area contributed by atoms with Gasteiger partial charge in [-0.05, 0) is 42.8 Å². The topological polar surface area (TPSA) is 89.8 Å². The van der Waals surface area contributed by atoms with Crippen molar-refractivity contribution in [3.8, 4) is 17.0 Å². The number of halogens is 1. The zero-order valence-electron chi connectivity index (χ0n) is 15.9. The minimum absolute atomic E-state index is 0.0405. The number of benzene rings is 2. The predicted molar refractivity (Wildman–Crippen MR) is 113 cm³/mol. The molecule has 10 heteroatoms. The summed E-state index contributed by atoms with van der Waals surface area (Å²) in [5.41, 5.74) is 2.16. The molecular formula is C20H16FN3O4S2. The number of aryl methyl sites for hydroxylation is 1. The van der Waals surface area contributed by atoms with Crippen molar-refractivity contribution >= 4 is 32.0 Å². The van der Waals surface area contributed by atoms with Crippen LogP contribution in [0.5, 0.6) is 5.75 Å². The summed E-state index contributed by atoms with van der Waals surface area (Å²) >= 11 is 1.35. The molecule has 0 unspecified atom stereocenters. The van der Waals surface area contributed by atoms with Gasteiger partial charge in [0, 0.05) is 22.8 Å². The summed E-state index contributed by atoms with van der Waals surface area (Å²) in [6.45, 7) is 1.76. The summed E-state index contributed by atoms with van der Waals surface area (Å²) in [5.74, 6) is -0.810. The van der Waals surface area contributed by atoms with Gasteiger partial charge in [-0.2, -0.15) is 0 Å². The fraction of sp³-hybridized carbons (Fsp3) is 0.100. The average Bonchev–Trinajstić information content (AvgIpc) is 3.12. The highest BCUT2D eigenvalue weighted by Crippen LogP contribution is 2.27. The molecule has 0 fully saturated rings. The fourth-order valence-electron chi connectivity index (χ4n) is 2.97. The zero-order chi connectivity index (χ0) is 21.5. The Morgan fingerprint density at radius 3 is 2.53 bits per heavy atom. The van der Waals surface area contributed by atoms with Crippen LogP contribution in [-0.4, -0.2) is 24.9 Å². The average molecular weight is 445 g/mol. The van der Waals surface area contributed by atoms with E-state index in [1.165, 1.54) is 41.0 Å². The first-order chi connectivity index (χ1) is 14.3. The van der Waals surface area contributed by atoms with E-state index < -0.39 is 15.8 Å². The minimum atomic E-state index is -3.98. The van der Waals surface area contributed by atoms with E-state index >= 15 is 0 Å². The molecule has 2 heterocycles. The Labute approximate surface area is 175 Å². The predicted octanol–water partition coefficient (Wildman–Crippen LogP) is 3.68. The maximum Gasteiger partial charge on any atom is 0.262 e. The normalized spacial score (nSPS) is 11.6. The first-order valence-corrected chi connectivity index (χ1v) is 11.1. The number of hydrogen-bond acceptors (Lipinski definition) is 6. The summed E-state index contributed by atoms with van der Waals surface area (Å²) in [6, 6.07) is 11.4. The molecule has 0 aliphatic heterocycles. The number of fused-ring (bicyclic) bond motifs is 1. The minimum Gasteiger partial charge on any atom is -0.494 e. The van der Waals surface area contributed by atoms with Crippen molar-refractivity contribution in [2.24, 2.45) is 0 Å². The quantitative estimate of drug-likeness (QED) is 0.506. The molecule has 0 aliphatic carbocycles. The van der Waals surface area contributed by atoms with Crippen LogP contribution in [0, 0.1) is 12.7 Å². The standard InChI is InChI=1S/C20H16FN3O4S2/c1-12-9-19(25)24-17(11-29-20(24)22-12)13-3-5-14(6-4-13)23-30(26,27)15-7-8-18(28-2)16(21)10-15/h3-11,23H,1-2H3. The van der Waals surface area contributed by atoms with Crippen LogP contribution < -0.4 is 15.0 Å². The highest BCUT2D eigenvalue weighted by atomic mass is 32.2. The summed E-state index contributed by atoms with van der Waals surface area (Å²) < 4.78 is 47.7. The highest BCUT2D eigenvalue weighted by Gasteiger charge is 2.17. The Morgan fingerprint density at radius 2 is 1.87 bits per heavy atom. The van der Waals surface area contributed by atoms with Crippen molar-refractivity contribution in [2.75, 3.05) is 11.8 Å². The van der Waals surface area contributed by atoms with E-state index in [0.717, 1.165) is 11.6 Å². The summed E-state index contributed by atoms with van der Waals surface area (Å²) in [7, 11) is -2.68. The van der Waals surface area contributed by atoms with Gasteiger partial charge >= 0.3 is 0 Å². The molecule has 0 spiro atoms. The molecule has 0 amide bonds. The van der Waals surface area contributed by atoms with E-state index in [0.29, 0.717) is 22.0 Å². The number of anilines is 1. The molecule has 30 heavy (non-hydrogen) atoms. The van der Waals surface area contributed by atoms with Crippen molar-refractivity contribution in [1.29, 1.82) is 0 Å². The highest BCUT2D eigenvalue weighted by molar-refractivity contribution is 7.92. The molecule has 0 radical (unpaired) electrons. The largest absolute Gasteiger partial charge is 0.494 e. The Hall–Kier alpha value is -3.24. The second-order valence-electron chi connectivity index (χ2n) is 6.45. The van der Waals surface area contributed by atoms with E-state index in [-0.39, 0.29) is 16.2 Å². The van der Waals surface area contributed by atoms with Crippen molar-refractivity contribution in [2.45, 2.75) is 11.8 Å². The van der Waals surface area contributed by atoms with Crippen LogP contribution in [-0.2, 0) is 10.0 Å². The first kappa shape index (κ1) is 20.0. The molecule has 4 aromatic rings. The molecule has 0 atom stereocenters. The van der Waals surface area contributed by atoms with Crippen LogP contribution in [0.15, 0.2) is 63.6 Å². The molecule has 7 nitrogen and oxygen atoms in total. The summed E-state index contributed by atoms with van der Waals surface area (Å²) in [4.78, 5) is 17.1. The molecule has 0 saturated heterocycles. The number of nitrogens with one attached hydrogen (secondary N) is 1. The van der Waals surface area contributed by atoms with Crippen LogP contribution in [0.1, 0.15) is 5.69 Å². The van der Waals surface area contributed by atoms with Crippen molar-refractivity contribution in [3.05, 3.63) is 75.8 Å². The lowest BCUT2D eigenvalue weighted by atomic mass is 10.1. The number of aromatic nitrogens is 2. The lowest BCUT2D eigenvalue weighted by Gasteiger charge is -2.10. The Kier molecular flexibility index (Phi) is 5.04. The van der Waals surface area contributed by atoms with E-state index in [4.69, 9.17) is 4.74 Å². The lowest BCUT2D eigenvalue weighted by molar-refractivity contribution is 0.385. The van der Waals surface area contributed by atoms with Crippen LogP contribution in [0.25, 0.3) is 16.2 Å². The molecule has 0 bridgehead atoms. The first-order valence-electron chi connectivity index (χ1n) is 8.73. The van der Waals surface area contributed by atoms with E-state index in [9.17, 15) is 17.6 Å². The van der Waals surface area contributed by atoms with Gasteiger partial charge < -0.3 is 4.74 Å². The second-order valence-corrected chi connectivity index (χ2v) is 8.97. The van der Waals surface area contributed by atoms with Crippen LogP contribution in [0.4, 0.5) is 10.1 Å². The number of nitrogens with zero attached hydrogens (tertiary/aromatic N) is 2. The molecule has 0 saturated carbocycles. The van der Waals surface area contributed by atoms with Gasteiger partial charge in [0.25, 0.3) is 15.6 Å². The number of rotatable bonds is 5. The van der Waals surface area contributed by atoms with Crippen molar-refractivity contribution < 1.29 is 17.5 Å². The number of sulfonamides is 1. The van der Waals surface area contributed by atoms with Gasteiger partial charge in [-0.15, -0.1) is 11.3 Å². The van der Waals surface area contributed by atoms with Gasteiger partial charge in [0.2, 0.25) is 0 Å². The molecule has 2 aromatic carbocycles. The zero-order valence-corrected chi connectivity index (χ0v) is 17.6. The van der Waals surface area contributed by atoms with Gasteiger partial charge in [0.05, 0.1) is 17.7 Å². The molecule has 0 aliphatic rings. The van der Waals surface area contributed by atoms with Crippen molar-refractivity contribution in [1.82, 2.24) is 9.38 Å². The molecule has 1 N–H and O–H groups in total. The maximum atomic E-state index is 13.9. The fourth-order valence-corrected chi connectivity index (χ4v) is 4.99. The van der Waals surface area contributed by atoms with Gasteiger partial charge in [0.15, 0.2) is 16.5 Å². The Balaban J connectivity index is 1.63. The third kappa shape index (κ3) is 3.66. The third-order valence-corrected chi connectivity index (χ3v) is 6.60. The van der Waals surface area contributed by atoms with Gasteiger partial charge in [-0.25, -0.2) is 17.8 Å². The van der Waals surface area contributed by atoms with Crippen LogP contribution in [0.3, 0.4) is 0 Å². The Morgan fingerprint density at radius 1 is 1.13 bits per heavy atom. The number of methoxy groups -OCH3 is 1. The van der Waals surface area contributed by atoms with E-state index in [2.05, 4.69) is 9.71 Å². The number of hydrogen-bond donors (Lipinski definition) is 1. The lowest BCUT2D eigenvalue weighted by Crippen LogP contribution is -2.14. The third-order valence-electron chi connectivity index (χ3n) is 4.40.